The Hall–Kier alpha value is 3.49. The number of rotatable bonds is 3. The summed E-state index contributed by atoms with van der Waals surface area (Å²) in [7, 11) is -10.1. The predicted molar refractivity (Wildman–Crippen MR) is 41.0 cm³/mol. The topological polar surface area (TPSA) is 134 Å². The average Bonchev–Trinajstić information content (AvgIpc) is 1.60. The summed E-state index contributed by atoms with van der Waals surface area (Å²) in [5.74, 6) is 0. The molecule has 0 aromatic rings. The van der Waals surface area contributed by atoms with E-state index in [1.165, 1.54) is 0 Å². The Balaban J connectivity index is -0.000000405. The summed E-state index contributed by atoms with van der Waals surface area (Å²) in [4.78, 5) is 23.7. The van der Waals surface area contributed by atoms with Crippen molar-refractivity contribution in [1.82, 2.24) is 0 Å². The normalized spacial score (nSPS) is 15.3. The molecule has 8 nitrogen and oxygen atoms in total. The zero-order valence-corrected chi connectivity index (χ0v) is 6.11. The van der Waals surface area contributed by atoms with Crippen molar-refractivity contribution in [2.45, 2.75) is 0 Å². The van der Waals surface area contributed by atoms with Crippen molar-refractivity contribution in [2.24, 2.45) is 0 Å². The van der Waals surface area contributed by atoms with Gasteiger partial charge in [0.15, 0.2) is 0 Å². The second-order valence-corrected chi connectivity index (χ2v) is 3.86. The molecule has 0 saturated heterocycles. The fourth-order valence-corrected chi connectivity index (χ4v) is 1.34. The molecule has 0 aliphatic rings. The Morgan fingerprint density at radius 2 is 1.33 bits per heavy atom. The van der Waals surface area contributed by atoms with Crippen molar-refractivity contribution in [3.05, 3.63) is 0 Å². The fraction of sp³-hybridized carbons (Fsp3) is 0. The molecule has 4 N–H and O–H groups in total. The van der Waals surface area contributed by atoms with Crippen LogP contribution in [0.5, 0.6) is 0 Å². The van der Waals surface area contributed by atoms with Crippen LogP contribution in [0.4, 0.5) is 0 Å². The molecule has 0 bridgehead atoms. The van der Waals surface area contributed by atoms with Crippen LogP contribution < -0.4 is 0 Å². The molecule has 0 amide bonds. The predicted octanol–water partition coefficient (Wildman–Crippen LogP) is -1.61. The van der Waals surface area contributed by atoms with Crippen molar-refractivity contribution in [1.29, 1.82) is 0 Å². The van der Waals surface area contributed by atoms with Crippen LogP contribution in [0.15, 0.2) is 0 Å². The Kier molecular flexibility index (Phi) is 15.0. The van der Waals surface area contributed by atoms with Crippen LogP contribution in [0.1, 0.15) is 0 Å². The van der Waals surface area contributed by atoms with Gasteiger partial charge in [0.25, 0.3) is 0 Å². The quantitative estimate of drug-likeness (QED) is 0.209. The molecule has 0 aromatic carbocycles. The monoisotopic (exact) mass is 274 g/mol. The second-order valence-electron chi connectivity index (χ2n) is 1.12. The zero-order valence-electron chi connectivity index (χ0n) is 4.32. The van der Waals surface area contributed by atoms with Crippen LogP contribution >= 0.6 is 15.6 Å². The van der Waals surface area contributed by atoms with E-state index >= 15 is 0 Å². The molecule has 1 unspecified atom stereocenters. The first-order valence-electron chi connectivity index (χ1n) is 1.70. The van der Waals surface area contributed by atoms with Gasteiger partial charge in [-0.15, -0.1) is 4.67 Å². The van der Waals surface area contributed by atoms with Crippen LogP contribution in [0.3, 0.4) is 0 Å². The first-order chi connectivity index (χ1) is 4.27. The van der Waals surface area contributed by atoms with Crippen LogP contribution in [0.2, 0.25) is 0 Å². The number of phosphoric acid groups is 2. The average molecular weight is 274 g/mol. The summed E-state index contributed by atoms with van der Waals surface area (Å²) in [5.41, 5.74) is 0. The standard InChI is InChI=1S/2K.H4O8P2.2H/c;;1-7-10(5,6)8-9(2,3)4;;/h;;1H,(H,5,6)(H2,2,3,4);;. The summed E-state index contributed by atoms with van der Waals surface area (Å²) in [5, 5.41) is 7.48. The van der Waals surface area contributed by atoms with Gasteiger partial charge < -0.3 is 14.7 Å². The zero-order chi connectivity index (χ0) is 8.41. The molecular weight excluding hydrogens is 268 g/mol. The first-order valence-corrected chi connectivity index (χ1v) is 4.72. The van der Waals surface area contributed by atoms with Gasteiger partial charge in [-0.05, 0) is 0 Å². The van der Waals surface area contributed by atoms with E-state index in [0.717, 1.165) is 0 Å². The van der Waals surface area contributed by atoms with Crippen molar-refractivity contribution >= 4 is 118 Å². The van der Waals surface area contributed by atoms with Crippen molar-refractivity contribution in [2.75, 3.05) is 0 Å². The van der Waals surface area contributed by atoms with Gasteiger partial charge in [-0.1, -0.05) is 0 Å². The van der Waals surface area contributed by atoms with E-state index in [0.29, 0.717) is 0 Å². The summed E-state index contributed by atoms with van der Waals surface area (Å²) < 4.78 is 25.5. The Labute approximate surface area is 153 Å². The van der Waals surface area contributed by atoms with E-state index in [2.05, 4.69) is 8.99 Å². The Bertz CT molecular complexity index is 193. The van der Waals surface area contributed by atoms with Crippen LogP contribution in [0.25, 0.3) is 0 Å². The molecule has 0 aliphatic carbocycles. The summed E-state index contributed by atoms with van der Waals surface area (Å²) in [6.07, 6.45) is 0. The molecule has 0 aliphatic heterocycles. The molecule has 12 heteroatoms. The summed E-state index contributed by atoms with van der Waals surface area (Å²) in [6.45, 7) is 0. The summed E-state index contributed by atoms with van der Waals surface area (Å²) in [6, 6.07) is 0. The molecule has 0 fully saturated rings. The minimum atomic E-state index is -5.10. The van der Waals surface area contributed by atoms with Gasteiger partial charge in [0.1, 0.15) is 0 Å². The second kappa shape index (κ2) is 8.62. The van der Waals surface area contributed by atoms with Gasteiger partial charge >= 0.3 is 118 Å². The number of hydrogen-bond acceptors (Lipinski definition) is 5. The van der Waals surface area contributed by atoms with Crippen LogP contribution in [0, 0.1) is 0 Å². The molecule has 0 heterocycles. The van der Waals surface area contributed by atoms with Crippen molar-refractivity contribution < 1.29 is 38.1 Å². The Morgan fingerprint density at radius 3 is 1.42 bits per heavy atom. The van der Waals surface area contributed by atoms with E-state index < -0.39 is 15.6 Å². The van der Waals surface area contributed by atoms with Gasteiger partial charge in [0, 0.05) is 0 Å². The van der Waals surface area contributed by atoms with Crippen LogP contribution in [-0.4, -0.2) is 123 Å². The van der Waals surface area contributed by atoms with Crippen molar-refractivity contribution in [3.63, 3.8) is 0 Å². The van der Waals surface area contributed by atoms with E-state index in [1.807, 2.05) is 0 Å². The fourth-order valence-electron chi connectivity index (χ4n) is 0.149. The third kappa shape index (κ3) is 13.5. The van der Waals surface area contributed by atoms with E-state index in [-0.39, 0.29) is 103 Å². The molecule has 12 heavy (non-hydrogen) atoms. The maximum atomic E-state index is 9.97. The molecule has 0 radical (unpaired) electrons. The molecule has 66 valence electrons. The van der Waals surface area contributed by atoms with Gasteiger partial charge in [-0.25, -0.2) is 14.4 Å². The molecule has 0 rings (SSSR count). The van der Waals surface area contributed by atoms with Gasteiger partial charge in [-0.2, -0.15) is 4.31 Å². The molecular formula is H6K2O8P2. The van der Waals surface area contributed by atoms with Gasteiger partial charge in [0.2, 0.25) is 0 Å². The molecule has 1 atom stereocenters. The third-order valence-electron chi connectivity index (χ3n) is 0.313. The SMILES string of the molecule is O=P(O)(O)OP(=O)(O)OO.[KH].[KH]. The van der Waals surface area contributed by atoms with E-state index in [9.17, 15) is 9.13 Å². The minimum absolute atomic E-state index is 0. The third-order valence-corrected chi connectivity index (χ3v) is 2.20. The first kappa shape index (κ1) is 20.9. The van der Waals surface area contributed by atoms with Crippen molar-refractivity contribution in [3.8, 4) is 0 Å². The summed E-state index contributed by atoms with van der Waals surface area (Å²) >= 11 is 0. The van der Waals surface area contributed by atoms with Gasteiger partial charge in [-0.3, -0.25) is 0 Å². The number of hydrogen-bond donors (Lipinski definition) is 4. The maximum absolute atomic E-state index is 9.97. The van der Waals surface area contributed by atoms with E-state index in [1.54, 1.807) is 0 Å². The van der Waals surface area contributed by atoms with E-state index in [4.69, 9.17) is 19.9 Å². The van der Waals surface area contributed by atoms with Crippen LogP contribution in [-0.2, 0) is 18.1 Å². The Morgan fingerprint density at radius 1 is 1.00 bits per heavy atom. The molecule has 0 spiro atoms. The molecule has 0 aromatic heterocycles. The van der Waals surface area contributed by atoms with Gasteiger partial charge in [0.05, 0.1) is 0 Å². The molecule has 0 saturated carbocycles.